The number of rotatable bonds is 1. The Morgan fingerprint density at radius 1 is 1.60 bits per heavy atom. The molecule has 1 saturated heterocycles. The van der Waals surface area contributed by atoms with Crippen LogP contribution in [0.15, 0.2) is 12.1 Å². The molecule has 1 amide bonds. The molecule has 1 aromatic heterocycles. The monoisotopic (exact) mass is 242 g/mol. The number of aromatic nitrogens is 1. The van der Waals surface area contributed by atoms with Gasteiger partial charge < -0.3 is 0 Å². The lowest BCUT2D eigenvalue weighted by atomic mass is 10.2. The number of amides is 1. The molecule has 3 nitrogen and oxygen atoms in total. The Bertz CT molecular complexity index is 391. The van der Waals surface area contributed by atoms with Gasteiger partial charge in [0.05, 0.1) is 0 Å². The molecule has 0 unspecified atom stereocenters. The zero-order chi connectivity index (χ0) is 10.8. The van der Waals surface area contributed by atoms with E-state index in [2.05, 4.69) is 4.98 Å². The second-order valence-electron chi connectivity index (χ2n) is 3.39. The van der Waals surface area contributed by atoms with Gasteiger partial charge in [0, 0.05) is 12.3 Å². The minimum Gasteiger partial charge on any atom is -0.281 e. The first-order valence-corrected chi connectivity index (χ1v) is 6.08. The molecule has 0 aromatic carbocycles. The predicted octanol–water partition coefficient (Wildman–Crippen LogP) is 2.54. The molecule has 5 heteroatoms. The number of halogens is 1. The highest BCUT2D eigenvalue weighted by Gasteiger charge is 2.23. The number of nitrogens with zero attached hydrogens (tertiary/aromatic N) is 2. The van der Waals surface area contributed by atoms with Gasteiger partial charge in [-0.05, 0) is 36.9 Å². The zero-order valence-electron chi connectivity index (χ0n) is 8.36. The second-order valence-corrected chi connectivity index (χ2v) is 4.89. The van der Waals surface area contributed by atoms with Crippen LogP contribution in [-0.2, 0) is 0 Å². The average molecular weight is 243 g/mol. The lowest BCUT2D eigenvalue weighted by Gasteiger charge is -2.14. The lowest BCUT2D eigenvalue weighted by Crippen LogP contribution is -2.23. The van der Waals surface area contributed by atoms with Crippen molar-refractivity contribution in [2.24, 2.45) is 0 Å². The Morgan fingerprint density at radius 2 is 2.40 bits per heavy atom. The van der Waals surface area contributed by atoms with Crippen LogP contribution in [0.5, 0.6) is 0 Å². The topological polar surface area (TPSA) is 33.2 Å². The molecule has 1 aromatic rings. The number of aryl methyl sites for hydroxylation is 1. The van der Waals surface area contributed by atoms with Crippen molar-refractivity contribution in [3.8, 4) is 0 Å². The molecule has 0 N–H and O–H groups in total. The Morgan fingerprint density at radius 3 is 3.07 bits per heavy atom. The number of carbonyl (C=O) groups excluding carboxylic acids is 1. The van der Waals surface area contributed by atoms with Gasteiger partial charge >= 0.3 is 0 Å². The van der Waals surface area contributed by atoms with Gasteiger partial charge in [-0.3, -0.25) is 9.10 Å². The fourth-order valence-corrected chi connectivity index (χ4v) is 2.54. The fourth-order valence-electron chi connectivity index (χ4n) is 1.45. The standard InChI is InChI=1S/C10H11ClN2OS/c1-7-3-4-8(11)12-9(7)10(14)13-5-2-6-15-13/h3-4H,2,5-6H2,1H3. The minimum absolute atomic E-state index is 0.0301. The maximum absolute atomic E-state index is 12.0. The summed E-state index contributed by atoms with van der Waals surface area (Å²) in [6.07, 6.45) is 1.05. The summed E-state index contributed by atoms with van der Waals surface area (Å²) in [5.74, 6) is 0.975. The van der Waals surface area contributed by atoms with Crippen LogP contribution < -0.4 is 0 Å². The van der Waals surface area contributed by atoms with E-state index in [0.717, 1.165) is 24.3 Å². The zero-order valence-corrected chi connectivity index (χ0v) is 9.94. The Labute approximate surface area is 98.0 Å². The van der Waals surface area contributed by atoms with Crippen LogP contribution >= 0.6 is 23.5 Å². The molecule has 2 rings (SSSR count). The third kappa shape index (κ3) is 2.26. The summed E-state index contributed by atoms with van der Waals surface area (Å²) in [6, 6.07) is 3.52. The molecule has 0 saturated carbocycles. The fraction of sp³-hybridized carbons (Fsp3) is 0.400. The molecule has 15 heavy (non-hydrogen) atoms. The van der Waals surface area contributed by atoms with Crippen LogP contribution in [0.25, 0.3) is 0 Å². The van der Waals surface area contributed by atoms with Gasteiger partial charge in [0.15, 0.2) is 0 Å². The van der Waals surface area contributed by atoms with Crippen LogP contribution in [0.4, 0.5) is 0 Å². The molecule has 1 aliphatic rings. The highest BCUT2D eigenvalue weighted by molar-refractivity contribution is 7.97. The molecule has 0 atom stereocenters. The normalized spacial score (nSPS) is 15.7. The summed E-state index contributed by atoms with van der Waals surface area (Å²) in [7, 11) is 0. The quantitative estimate of drug-likeness (QED) is 0.561. The van der Waals surface area contributed by atoms with Crippen LogP contribution in [0.3, 0.4) is 0 Å². The maximum atomic E-state index is 12.0. The van der Waals surface area contributed by atoms with E-state index in [4.69, 9.17) is 11.6 Å². The van der Waals surface area contributed by atoms with Crippen molar-refractivity contribution in [1.82, 2.24) is 9.29 Å². The van der Waals surface area contributed by atoms with E-state index in [9.17, 15) is 4.79 Å². The Kier molecular flexibility index (Phi) is 3.17. The van der Waals surface area contributed by atoms with Gasteiger partial charge in [0.2, 0.25) is 0 Å². The van der Waals surface area contributed by atoms with E-state index in [1.54, 1.807) is 22.3 Å². The molecular formula is C10H11ClN2OS. The molecule has 0 aliphatic carbocycles. The second kappa shape index (κ2) is 4.41. The number of hydrogen-bond acceptors (Lipinski definition) is 3. The van der Waals surface area contributed by atoms with Gasteiger partial charge in [0.1, 0.15) is 10.8 Å². The predicted molar refractivity (Wildman–Crippen MR) is 62.1 cm³/mol. The molecule has 80 valence electrons. The van der Waals surface area contributed by atoms with Gasteiger partial charge in [-0.1, -0.05) is 17.7 Å². The van der Waals surface area contributed by atoms with E-state index >= 15 is 0 Å². The van der Waals surface area contributed by atoms with E-state index in [0.29, 0.717) is 10.8 Å². The summed E-state index contributed by atoms with van der Waals surface area (Å²) in [6.45, 7) is 2.68. The van der Waals surface area contributed by atoms with Crippen molar-refractivity contribution in [3.05, 3.63) is 28.5 Å². The van der Waals surface area contributed by atoms with Crippen LogP contribution in [0.2, 0.25) is 5.15 Å². The van der Waals surface area contributed by atoms with Gasteiger partial charge in [-0.25, -0.2) is 4.98 Å². The van der Waals surface area contributed by atoms with Crippen molar-refractivity contribution in [2.75, 3.05) is 12.3 Å². The van der Waals surface area contributed by atoms with Gasteiger partial charge in [-0.15, -0.1) is 0 Å². The first kappa shape index (κ1) is 10.8. The van der Waals surface area contributed by atoms with Crippen molar-refractivity contribution in [3.63, 3.8) is 0 Å². The summed E-state index contributed by atoms with van der Waals surface area (Å²) in [4.78, 5) is 16.1. The SMILES string of the molecule is Cc1ccc(Cl)nc1C(=O)N1CCCS1. The van der Waals surface area contributed by atoms with Crippen LogP contribution in [0.1, 0.15) is 22.5 Å². The largest absolute Gasteiger partial charge is 0.282 e. The molecule has 0 spiro atoms. The van der Waals surface area contributed by atoms with Gasteiger partial charge in [0.25, 0.3) is 5.91 Å². The molecule has 0 bridgehead atoms. The minimum atomic E-state index is -0.0301. The third-order valence-electron chi connectivity index (χ3n) is 2.24. The lowest BCUT2D eigenvalue weighted by molar-refractivity contribution is 0.0872. The van der Waals surface area contributed by atoms with Crippen molar-refractivity contribution < 1.29 is 4.79 Å². The van der Waals surface area contributed by atoms with E-state index in [-0.39, 0.29) is 5.91 Å². The van der Waals surface area contributed by atoms with E-state index < -0.39 is 0 Å². The molecule has 1 fully saturated rings. The summed E-state index contributed by atoms with van der Waals surface area (Å²) >= 11 is 7.34. The number of hydrogen-bond donors (Lipinski definition) is 0. The highest BCUT2D eigenvalue weighted by Crippen LogP contribution is 2.23. The average Bonchev–Trinajstić information content (AvgIpc) is 2.74. The van der Waals surface area contributed by atoms with E-state index in [1.165, 1.54) is 0 Å². The maximum Gasteiger partial charge on any atom is 0.282 e. The third-order valence-corrected chi connectivity index (χ3v) is 3.59. The van der Waals surface area contributed by atoms with Crippen molar-refractivity contribution in [2.45, 2.75) is 13.3 Å². The van der Waals surface area contributed by atoms with Gasteiger partial charge in [-0.2, -0.15) is 0 Å². The Hall–Kier alpha value is -0.740. The van der Waals surface area contributed by atoms with Crippen LogP contribution in [-0.4, -0.2) is 27.5 Å². The highest BCUT2D eigenvalue weighted by atomic mass is 35.5. The number of carbonyl (C=O) groups is 1. The summed E-state index contributed by atoms with van der Waals surface area (Å²) in [5, 5.41) is 0.369. The smallest absolute Gasteiger partial charge is 0.281 e. The first-order valence-electron chi connectivity index (χ1n) is 4.76. The Balaban J connectivity index is 2.27. The van der Waals surface area contributed by atoms with Crippen molar-refractivity contribution >= 4 is 29.5 Å². The summed E-state index contributed by atoms with van der Waals surface area (Å²) in [5.41, 5.74) is 1.34. The number of pyridine rings is 1. The van der Waals surface area contributed by atoms with Crippen molar-refractivity contribution in [1.29, 1.82) is 0 Å². The first-order chi connectivity index (χ1) is 7.18. The molecule has 1 aliphatic heterocycles. The van der Waals surface area contributed by atoms with E-state index in [1.807, 2.05) is 13.0 Å². The van der Waals surface area contributed by atoms with Crippen LogP contribution in [0, 0.1) is 6.92 Å². The molecule has 0 radical (unpaired) electrons. The molecular weight excluding hydrogens is 232 g/mol. The molecule has 2 heterocycles. The summed E-state index contributed by atoms with van der Waals surface area (Å²) < 4.78 is 1.76.